The SMILES string of the molecule is CCCn1c(SCc2cccc(C(=O)Nc3ccccc3)c2)n[nH]c1=O. The Morgan fingerprint density at radius 1 is 1.19 bits per heavy atom. The van der Waals surface area contributed by atoms with Gasteiger partial charge in [0.25, 0.3) is 5.91 Å². The number of para-hydroxylation sites is 1. The highest BCUT2D eigenvalue weighted by Gasteiger charge is 2.10. The van der Waals surface area contributed by atoms with Crippen LogP contribution in [0, 0.1) is 0 Å². The molecule has 0 aliphatic heterocycles. The van der Waals surface area contributed by atoms with E-state index < -0.39 is 0 Å². The minimum Gasteiger partial charge on any atom is -0.322 e. The minimum absolute atomic E-state index is 0.147. The van der Waals surface area contributed by atoms with Gasteiger partial charge >= 0.3 is 5.69 Å². The lowest BCUT2D eigenvalue weighted by molar-refractivity contribution is 0.102. The maximum absolute atomic E-state index is 12.4. The number of nitrogens with zero attached hydrogens (tertiary/aromatic N) is 2. The predicted octanol–water partition coefficient (Wildman–Crippen LogP) is 3.53. The van der Waals surface area contributed by atoms with Crippen LogP contribution >= 0.6 is 11.8 Å². The average molecular weight is 368 g/mol. The molecule has 2 aromatic carbocycles. The van der Waals surface area contributed by atoms with E-state index in [0.717, 1.165) is 17.7 Å². The first-order valence-corrected chi connectivity index (χ1v) is 9.39. The number of rotatable bonds is 7. The summed E-state index contributed by atoms with van der Waals surface area (Å²) in [5, 5.41) is 10.1. The van der Waals surface area contributed by atoms with Gasteiger partial charge in [-0.25, -0.2) is 9.89 Å². The second kappa shape index (κ2) is 8.53. The Balaban J connectivity index is 1.68. The number of carbonyl (C=O) groups is 1. The van der Waals surface area contributed by atoms with Crippen molar-refractivity contribution in [1.29, 1.82) is 0 Å². The molecule has 0 saturated heterocycles. The van der Waals surface area contributed by atoms with Gasteiger partial charge in [-0.3, -0.25) is 9.36 Å². The van der Waals surface area contributed by atoms with Crippen molar-refractivity contribution in [2.24, 2.45) is 0 Å². The zero-order valence-electron chi connectivity index (χ0n) is 14.4. The van der Waals surface area contributed by atoms with Gasteiger partial charge in [-0.05, 0) is 36.2 Å². The zero-order valence-corrected chi connectivity index (χ0v) is 15.3. The fraction of sp³-hybridized carbons (Fsp3) is 0.211. The molecule has 1 heterocycles. The fourth-order valence-corrected chi connectivity index (χ4v) is 3.42. The normalized spacial score (nSPS) is 10.7. The van der Waals surface area contributed by atoms with E-state index in [1.165, 1.54) is 11.8 Å². The Morgan fingerprint density at radius 3 is 2.77 bits per heavy atom. The zero-order chi connectivity index (χ0) is 18.4. The second-order valence-electron chi connectivity index (χ2n) is 5.77. The number of H-pyrrole nitrogens is 1. The highest BCUT2D eigenvalue weighted by molar-refractivity contribution is 7.98. The van der Waals surface area contributed by atoms with E-state index in [9.17, 15) is 9.59 Å². The topological polar surface area (TPSA) is 79.8 Å². The van der Waals surface area contributed by atoms with Crippen LogP contribution in [-0.2, 0) is 12.3 Å². The molecule has 3 rings (SSSR count). The summed E-state index contributed by atoms with van der Waals surface area (Å²) in [7, 11) is 0. The van der Waals surface area contributed by atoms with Crippen molar-refractivity contribution in [3.63, 3.8) is 0 Å². The van der Waals surface area contributed by atoms with Crippen LogP contribution in [0.4, 0.5) is 5.69 Å². The van der Waals surface area contributed by atoms with Crippen LogP contribution in [0.3, 0.4) is 0 Å². The molecule has 0 aliphatic rings. The maximum atomic E-state index is 12.4. The number of carbonyl (C=O) groups excluding carboxylic acids is 1. The Morgan fingerprint density at radius 2 is 2.00 bits per heavy atom. The number of aromatic nitrogens is 3. The molecule has 0 atom stereocenters. The number of thioether (sulfide) groups is 1. The largest absolute Gasteiger partial charge is 0.343 e. The molecule has 0 spiro atoms. The van der Waals surface area contributed by atoms with Crippen LogP contribution in [0.15, 0.2) is 64.5 Å². The summed E-state index contributed by atoms with van der Waals surface area (Å²) in [6, 6.07) is 16.8. The highest BCUT2D eigenvalue weighted by atomic mass is 32.2. The van der Waals surface area contributed by atoms with E-state index in [2.05, 4.69) is 15.5 Å². The van der Waals surface area contributed by atoms with Gasteiger partial charge in [-0.2, -0.15) is 0 Å². The van der Waals surface area contributed by atoms with Gasteiger partial charge in [0.15, 0.2) is 5.16 Å². The predicted molar refractivity (Wildman–Crippen MR) is 104 cm³/mol. The van der Waals surface area contributed by atoms with Crippen molar-refractivity contribution in [1.82, 2.24) is 14.8 Å². The van der Waals surface area contributed by atoms with Crippen LogP contribution in [-0.4, -0.2) is 20.7 Å². The van der Waals surface area contributed by atoms with Crippen LogP contribution in [0.5, 0.6) is 0 Å². The molecule has 6 nitrogen and oxygen atoms in total. The number of benzene rings is 2. The molecule has 1 amide bonds. The summed E-state index contributed by atoms with van der Waals surface area (Å²) < 4.78 is 1.64. The Hall–Kier alpha value is -2.80. The molecule has 134 valence electrons. The molecule has 0 bridgehead atoms. The monoisotopic (exact) mass is 368 g/mol. The lowest BCUT2D eigenvalue weighted by Gasteiger charge is -2.07. The van der Waals surface area contributed by atoms with Gasteiger partial charge in [0.2, 0.25) is 0 Å². The summed E-state index contributed by atoms with van der Waals surface area (Å²) in [6.07, 6.45) is 0.863. The first-order chi connectivity index (χ1) is 12.7. The number of nitrogens with one attached hydrogen (secondary N) is 2. The van der Waals surface area contributed by atoms with Crippen LogP contribution in [0.1, 0.15) is 29.3 Å². The summed E-state index contributed by atoms with van der Waals surface area (Å²) in [5.74, 6) is 0.478. The third-order valence-electron chi connectivity index (χ3n) is 3.76. The summed E-state index contributed by atoms with van der Waals surface area (Å²) in [4.78, 5) is 24.1. The third-order valence-corrected chi connectivity index (χ3v) is 4.81. The molecule has 7 heteroatoms. The van der Waals surface area contributed by atoms with E-state index in [1.54, 1.807) is 10.6 Å². The number of amides is 1. The first-order valence-electron chi connectivity index (χ1n) is 8.40. The number of hydrogen-bond donors (Lipinski definition) is 2. The molecular weight excluding hydrogens is 348 g/mol. The van der Waals surface area contributed by atoms with Gasteiger partial charge in [0.05, 0.1) is 0 Å². The van der Waals surface area contributed by atoms with Crippen molar-refractivity contribution in [3.8, 4) is 0 Å². The highest BCUT2D eigenvalue weighted by Crippen LogP contribution is 2.21. The second-order valence-corrected chi connectivity index (χ2v) is 6.71. The smallest absolute Gasteiger partial charge is 0.322 e. The minimum atomic E-state index is -0.190. The maximum Gasteiger partial charge on any atom is 0.343 e. The molecule has 0 unspecified atom stereocenters. The van der Waals surface area contributed by atoms with E-state index in [-0.39, 0.29) is 11.6 Å². The number of hydrogen-bond acceptors (Lipinski definition) is 4. The molecule has 1 aromatic heterocycles. The molecule has 26 heavy (non-hydrogen) atoms. The van der Waals surface area contributed by atoms with Crippen LogP contribution in [0.25, 0.3) is 0 Å². The van der Waals surface area contributed by atoms with Crippen molar-refractivity contribution >= 4 is 23.4 Å². The van der Waals surface area contributed by atoms with E-state index in [0.29, 0.717) is 23.0 Å². The van der Waals surface area contributed by atoms with Gasteiger partial charge in [0, 0.05) is 23.5 Å². The third kappa shape index (κ3) is 4.43. The molecule has 3 aromatic rings. The first kappa shape index (κ1) is 18.0. The standard InChI is InChI=1S/C19H20N4O2S/c1-2-11-23-18(25)21-22-19(23)26-13-14-7-6-8-15(12-14)17(24)20-16-9-4-3-5-10-16/h3-10,12H,2,11,13H2,1H3,(H,20,24)(H,21,25). The van der Waals surface area contributed by atoms with Crippen molar-refractivity contribution in [3.05, 3.63) is 76.2 Å². The van der Waals surface area contributed by atoms with E-state index in [4.69, 9.17) is 0 Å². The van der Waals surface area contributed by atoms with Crippen molar-refractivity contribution < 1.29 is 4.79 Å². The summed E-state index contributed by atoms with van der Waals surface area (Å²) in [5.41, 5.74) is 2.16. The van der Waals surface area contributed by atoms with Crippen molar-refractivity contribution in [2.75, 3.05) is 5.32 Å². The molecule has 0 fully saturated rings. The molecule has 0 saturated carbocycles. The Labute approximate surface area is 155 Å². The Bertz CT molecular complexity index is 934. The van der Waals surface area contributed by atoms with Gasteiger partial charge in [-0.15, -0.1) is 5.10 Å². The quantitative estimate of drug-likeness (QED) is 0.625. The molecular formula is C19H20N4O2S. The fourth-order valence-electron chi connectivity index (χ4n) is 2.51. The molecule has 2 N–H and O–H groups in total. The van der Waals surface area contributed by atoms with Crippen molar-refractivity contribution in [2.45, 2.75) is 30.8 Å². The lowest BCUT2D eigenvalue weighted by Crippen LogP contribution is -2.17. The number of anilines is 1. The van der Waals surface area contributed by atoms with Gasteiger partial charge in [-0.1, -0.05) is 49.0 Å². The lowest BCUT2D eigenvalue weighted by atomic mass is 10.1. The Kier molecular flexibility index (Phi) is 5.91. The number of aromatic amines is 1. The van der Waals surface area contributed by atoms with Gasteiger partial charge < -0.3 is 5.32 Å². The van der Waals surface area contributed by atoms with Gasteiger partial charge in [0.1, 0.15) is 0 Å². The molecule has 0 aliphatic carbocycles. The summed E-state index contributed by atoms with van der Waals surface area (Å²) >= 11 is 1.47. The van der Waals surface area contributed by atoms with Crippen LogP contribution < -0.4 is 11.0 Å². The molecule has 0 radical (unpaired) electrons. The van der Waals surface area contributed by atoms with E-state index >= 15 is 0 Å². The average Bonchev–Trinajstić information content (AvgIpc) is 3.01. The summed E-state index contributed by atoms with van der Waals surface area (Å²) in [6.45, 7) is 2.65. The van der Waals surface area contributed by atoms with E-state index in [1.807, 2.05) is 55.5 Å². The van der Waals surface area contributed by atoms with Crippen LogP contribution in [0.2, 0.25) is 0 Å².